The Morgan fingerprint density at radius 3 is 2.54 bits per heavy atom. The lowest BCUT2D eigenvalue weighted by atomic mass is 10.1. The van der Waals surface area contributed by atoms with Crippen molar-refractivity contribution in [2.24, 2.45) is 0 Å². The van der Waals surface area contributed by atoms with E-state index in [0.29, 0.717) is 16.3 Å². The van der Waals surface area contributed by atoms with Crippen LogP contribution in [0.3, 0.4) is 0 Å². The van der Waals surface area contributed by atoms with Gasteiger partial charge in [0.1, 0.15) is 19.6 Å². The molecule has 1 heterocycles. The molecule has 24 heavy (non-hydrogen) atoms. The van der Waals surface area contributed by atoms with Crippen molar-refractivity contribution in [3.05, 3.63) is 64.2 Å². The van der Waals surface area contributed by atoms with Crippen LogP contribution >= 0.6 is 11.6 Å². The zero-order valence-corrected chi connectivity index (χ0v) is 14.5. The molecular formula is C19H22ClN2O2+. The summed E-state index contributed by atoms with van der Waals surface area (Å²) >= 11 is 6.17. The number of aryl methyl sites for hydroxylation is 1. The van der Waals surface area contributed by atoms with Crippen LogP contribution in [0, 0.1) is 6.92 Å². The van der Waals surface area contributed by atoms with Crippen LogP contribution in [-0.2, 0) is 11.3 Å². The first-order valence-electron chi connectivity index (χ1n) is 8.19. The monoisotopic (exact) mass is 345 g/mol. The largest absolute Gasteiger partial charge is 0.370 e. The fraction of sp³-hybridized carbons (Fsp3) is 0.316. The predicted octanol–water partition coefficient (Wildman–Crippen LogP) is 2.32. The number of morpholine rings is 1. The van der Waals surface area contributed by atoms with Crippen molar-refractivity contribution < 1.29 is 14.4 Å². The Bertz CT molecular complexity index is 710. The summed E-state index contributed by atoms with van der Waals surface area (Å²) in [5, 5.41) is 3.41. The van der Waals surface area contributed by atoms with E-state index in [4.69, 9.17) is 16.3 Å². The molecule has 5 heteroatoms. The molecule has 126 valence electrons. The van der Waals surface area contributed by atoms with Crippen molar-refractivity contribution in [3.8, 4) is 0 Å². The van der Waals surface area contributed by atoms with E-state index in [1.165, 1.54) is 10.5 Å². The molecule has 0 saturated carbocycles. The summed E-state index contributed by atoms with van der Waals surface area (Å²) in [5.41, 5.74) is 3.56. The molecule has 1 amide bonds. The van der Waals surface area contributed by atoms with Crippen molar-refractivity contribution in [2.75, 3.05) is 31.6 Å². The second kappa shape index (κ2) is 7.79. The minimum absolute atomic E-state index is 0.147. The predicted molar refractivity (Wildman–Crippen MR) is 95.8 cm³/mol. The Balaban J connectivity index is 1.62. The van der Waals surface area contributed by atoms with Gasteiger partial charge in [-0.1, -0.05) is 29.8 Å². The summed E-state index contributed by atoms with van der Waals surface area (Å²) in [7, 11) is 0. The molecule has 0 atom stereocenters. The average molecular weight is 346 g/mol. The van der Waals surface area contributed by atoms with Gasteiger partial charge in [0.25, 0.3) is 5.91 Å². The lowest BCUT2D eigenvalue weighted by molar-refractivity contribution is -0.921. The molecule has 3 rings (SSSR count). The topological polar surface area (TPSA) is 42.8 Å². The number of rotatable bonds is 4. The molecule has 0 aliphatic carbocycles. The Hall–Kier alpha value is -1.88. The van der Waals surface area contributed by atoms with Crippen LogP contribution in [0.25, 0.3) is 0 Å². The number of halogens is 1. The molecule has 0 spiro atoms. The van der Waals surface area contributed by atoms with E-state index in [0.717, 1.165) is 38.4 Å². The minimum atomic E-state index is -0.147. The molecule has 0 unspecified atom stereocenters. The van der Waals surface area contributed by atoms with Crippen molar-refractivity contribution in [1.29, 1.82) is 0 Å². The number of anilines is 1. The number of carbonyl (C=O) groups excluding carboxylic acids is 1. The van der Waals surface area contributed by atoms with Gasteiger partial charge in [-0.15, -0.1) is 0 Å². The second-order valence-electron chi connectivity index (χ2n) is 6.17. The summed E-state index contributed by atoms with van der Waals surface area (Å²) in [6, 6.07) is 13.4. The van der Waals surface area contributed by atoms with Crippen LogP contribution < -0.4 is 10.2 Å². The third kappa shape index (κ3) is 4.35. The lowest BCUT2D eigenvalue weighted by Crippen LogP contribution is -3.12. The Kier molecular flexibility index (Phi) is 5.51. The number of hydrogen-bond donors (Lipinski definition) is 2. The van der Waals surface area contributed by atoms with Crippen molar-refractivity contribution >= 4 is 23.2 Å². The van der Waals surface area contributed by atoms with E-state index >= 15 is 0 Å². The normalized spacial score (nSPS) is 15.2. The van der Waals surface area contributed by atoms with Crippen LogP contribution in [0.4, 0.5) is 5.69 Å². The second-order valence-corrected chi connectivity index (χ2v) is 6.58. The molecule has 0 aromatic heterocycles. The fourth-order valence-corrected chi connectivity index (χ4v) is 3.10. The van der Waals surface area contributed by atoms with Gasteiger partial charge in [-0.25, -0.2) is 0 Å². The van der Waals surface area contributed by atoms with Crippen LogP contribution in [0.1, 0.15) is 21.5 Å². The molecule has 2 aromatic rings. The van der Waals surface area contributed by atoms with Crippen LogP contribution in [0.5, 0.6) is 0 Å². The first-order chi connectivity index (χ1) is 11.6. The lowest BCUT2D eigenvalue weighted by Gasteiger charge is -2.23. The molecule has 0 radical (unpaired) electrons. The third-order valence-corrected chi connectivity index (χ3v) is 4.56. The maximum absolute atomic E-state index is 12.4. The molecule has 1 aliphatic heterocycles. The summed E-state index contributed by atoms with van der Waals surface area (Å²) in [6.45, 7) is 6.66. The molecule has 0 bridgehead atoms. The van der Waals surface area contributed by atoms with E-state index in [-0.39, 0.29) is 5.91 Å². The Labute approximate surface area is 147 Å². The maximum atomic E-state index is 12.4. The van der Waals surface area contributed by atoms with Gasteiger partial charge >= 0.3 is 0 Å². The molecular weight excluding hydrogens is 324 g/mol. The minimum Gasteiger partial charge on any atom is -0.370 e. The van der Waals surface area contributed by atoms with Gasteiger partial charge in [0.05, 0.1) is 23.9 Å². The van der Waals surface area contributed by atoms with Gasteiger partial charge in [-0.3, -0.25) is 4.79 Å². The first kappa shape index (κ1) is 17.0. The molecule has 2 N–H and O–H groups in total. The van der Waals surface area contributed by atoms with Crippen molar-refractivity contribution in [3.63, 3.8) is 0 Å². The molecule has 4 nitrogen and oxygen atoms in total. The fourth-order valence-electron chi connectivity index (χ4n) is 2.82. The van der Waals surface area contributed by atoms with E-state index in [2.05, 4.69) is 5.32 Å². The van der Waals surface area contributed by atoms with Crippen molar-refractivity contribution in [2.45, 2.75) is 13.5 Å². The van der Waals surface area contributed by atoms with E-state index < -0.39 is 0 Å². The highest BCUT2D eigenvalue weighted by Crippen LogP contribution is 2.23. The zero-order valence-electron chi connectivity index (χ0n) is 13.8. The van der Waals surface area contributed by atoms with Gasteiger partial charge in [0.15, 0.2) is 0 Å². The maximum Gasteiger partial charge on any atom is 0.255 e. The molecule has 1 aliphatic rings. The third-order valence-electron chi connectivity index (χ3n) is 4.24. The van der Waals surface area contributed by atoms with Gasteiger partial charge < -0.3 is 15.0 Å². The van der Waals surface area contributed by atoms with Crippen LogP contribution in [-0.4, -0.2) is 32.2 Å². The molecule has 1 saturated heterocycles. The summed E-state index contributed by atoms with van der Waals surface area (Å²) in [4.78, 5) is 13.9. The number of quaternary nitrogens is 1. The Morgan fingerprint density at radius 1 is 1.17 bits per heavy atom. The SMILES string of the molecule is Cc1ccc(NC(=O)c2ccc(C[NH+]3CCOCC3)cc2)c(Cl)c1. The van der Waals surface area contributed by atoms with Gasteiger partial charge in [-0.2, -0.15) is 0 Å². The molecule has 1 fully saturated rings. The quantitative estimate of drug-likeness (QED) is 0.893. The summed E-state index contributed by atoms with van der Waals surface area (Å²) in [5.74, 6) is -0.147. The van der Waals surface area contributed by atoms with E-state index in [1.54, 1.807) is 0 Å². The first-order valence-corrected chi connectivity index (χ1v) is 8.57. The zero-order chi connectivity index (χ0) is 16.9. The number of benzene rings is 2. The van der Waals surface area contributed by atoms with Gasteiger partial charge in [0.2, 0.25) is 0 Å². The van der Waals surface area contributed by atoms with Crippen LogP contribution in [0.15, 0.2) is 42.5 Å². The Morgan fingerprint density at radius 2 is 1.88 bits per heavy atom. The van der Waals surface area contributed by atoms with Crippen LogP contribution in [0.2, 0.25) is 5.02 Å². The smallest absolute Gasteiger partial charge is 0.255 e. The highest BCUT2D eigenvalue weighted by atomic mass is 35.5. The number of carbonyl (C=O) groups is 1. The van der Waals surface area contributed by atoms with E-state index in [9.17, 15) is 4.79 Å². The number of amides is 1. The average Bonchev–Trinajstić information content (AvgIpc) is 2.59. The standard InChI is InChI=1S/C19H21ClN2O2/c1-14-2-7-18(17(20)12-14)21-19(23)16-5-3-15(4-6-16)13-22-8-10-24-11-9-22/h2-7,12H,8-11,13H2,1H3,(H,21,23)/p+1. The van der Waals surface area contributed by atoms with Gasteiger partial charge in [-0.05, 0) is 36.8 Å². The highest BCUT2D eigenvalue weighted by Gasteiger charge is 2.14. The highest BCUT2D eigenvalue weighted by molar-refractivity contribution is 6.34. The summed E-state index contributed by atoms with van der Waals surface area (Å²) in [6.07, 6.45) is 0. The number of hydrogen-bond acceptors (Lipinski definition) is 2. The van der Waals surface area contributed by atoms with Gasteiger partial charge in [0, 0.05) is 11.1 Å². The number of ether oxygens (including phenoxy) is 1. The summed E-state index contributed by atoms with van der Waals surface area (Å²) < 4.78 is 5.38. The van der Waals surface area contributed by atoms with Crippen molar-refractivity contribution in [1.82, 2.24) is 0 Å². The number of nitrogens with one attached hydrogen (secondary N) is 2. The molecule has 2 aromatic carbocycles. The van der Waals surface area contributed by atoms with E-state index in [1.807, 2.05) is 49.4 Å².